The Morgan fingerprint density at radius 3 is 1.86 bits per heavy atom. The van der Waals surface area contributed by atoms with Crippen LogP contribution in [0.3, 0.4) is 0 Å². The van der Waals surface area contributed by atoms with Crippen LogP contribution in [0.1, 0.15) is 5.56 Å². The largest absolute Gasteiger partial charge is 0.540 e. The smallest absolute Gasteiger partial charge is 0.178 e. The molecule has 9 rings (SSSR count). The molecule has 0 aliphatic rings. The number of aliphatic hydroxyl groups excluding tert-OH is 1. The van der Waals surface area contributed by atoms with Crippen LogP contribution in [0.4, 0.5) is 0 Å². The van der Waals surface area contributed by atoms with E-state index in [9.17, 15) is 5.11 Å². The average molecular weight is 841 g/mol. The van der Waals surface area contributed by atoms with Crippen LogP contribution >= 0.6 is 0 Å². The molecule has 51 heavy (non-hydrogen) atoms. The number of ether oxygens (including phenoxy) is 1. The first-order valence-electron chi connectivity index (χ1n) is 16.2. The summed E-state index contributed by atoms with van der Waals surface area (Å²) in [7, 11) is 1.64. The van der Waals surface area contributed by atoms with Crippen molar-refractivity contribution in [2.45, 2.75) is 6.61 Å². The van der Waals surface area contributed by atoms with Gasteiger partial charge in [-0.05, 0) is 52.2 Å². The Morgan fingerprint density at radius 2 is 1.22 bits per heavy atom. The number of pyridine rings is 1. The number of rotatable bonds is 5. The monoisotopic (exact) mass is 841 g/mol. The van der Waals surface area contributed by atoms with Crippen LogP contribution in [0, 0.1) is 6.07 Å². The number of hydrogen-bond acceptors (Lipinski definition) is 7. The Bertz CT molecular complexity index is 2450. The van der Waals surface area contributed by atoms with Crippen molar-refractivity contribution in [2.75, 3.05) is 7.11 Å². The van der Waals surface area contributed by atoms with Gasteiger partial charge in [0.15, 0.2) is 5.82 Å². The molecule has 3 heterocycles. The number of methoxy groups -OCH3 is 1. The summed E-state index contributed by atoms with van der Waals surface area (Å²) in [5.74, 6) is 1.40. The molecule has 0 unspecified atom stereocenters. The Hall–Kier alpha value is -5.92. The molecule has 1 radical (unpaired) electrons. The summed E-state index contributed by atoms with van der Waals surface area (Å²) >= 11 is 0. The molecule has 9 aromatic rings. The maximum atomic E-state index is 9.38. The second kappa shape index (κ2) is 14.9. The number of hydrogen-bond donors (Lipinski definition) is 1. The second-order valence-corrected chi connectivity index (χ2v) is 11.7. The molecule has 6 aromatic carbocycles. The quantitative estimate of drug-likeness (QED) is 0.137. The van der Waals surface area contributed by atoms with E-state index in [1.54, 1.807) is 13.2 Å². The number of benzene rings is 6. The molecular weight excluding hydrogens is 811 g/mol. The molecule has 0 bridgehead atoms. The zero-order valence-electron chi connectivity index (χ0n) is 27.5. The van der Waals surface area contributed by atoms with Gasteiger partial charge in [-0.15, -0.1) is 29.8 Å². The van der Waals surface area contributed by atoms with Crippen molar-refractivity contribution in [3.8, 4) is 39.8 Å². The van der Waals surface area contributed by atoms with Crippen LogP contribution in [-0.4, -0.2) is 37.1 Å². The Morgan fingerprint density at radius 1 is 0.588 bits per heavy atom. The van der Waals surface area contributed by atoms with Crippen molar-refractivity contribution < 1.29 is 29.9 Å². The van der Waals surface area contributed by atoms with Crippen molar-refractivity contribution in [1.82, 2.24) is 24.9 Å². The summed E-state index contributed by atoms with van der Waals surface area (Å²) < 4.78 is 5.27. The Balaban J connectivity index is 0.000000168. The van der Waals surface area contributed by atoms with Crippen LogP contribution in [0.5, 0.6) is 5.75 Å². The number of nitrogens with zero attached hydrogens (tertiary/aromatic N) is 5. The van der Waals surface area contributed by atoms with Crippen molar-refractivity contribution in [3.05, 3.63) is 157 Å². The Labute approximate surface area is 308 Å². The maximum Gasteiger partial charge on any atom is 0.178 e. The molecule has 249 valence electrons. The minimum absolute atomic E-state index is 0. The van der Waals surface area contributed by atoms with E-state index in [0.29, 0.717) is 5.82 Å². The molecule has 0 saturated carbocycles. The van der Waals surface area contributed by atoms with E-state index in [0.717, 1.165) is 83.1 Å². The molecule has 0 fully saturated rings. The van der Waals surface area contributed by atoms with Gasteiger partial charge in [0, 0.05) is 48.5 Å². The Kier molecular flexibility index (Phi) is 9.81. The summed E-state index contributed by atoms with van der Waals surface area (Å²) in [6, 6.07) is 49.0. The summed E-state index contributed by atoms with van der Waals surface area (Å²) in [5, 5.41) is 13.8. The van der Waals surface area contributed by atoms with E-state index in [2.05, 4.69) is 51.4 Å². The zero-order valence-corrected chi connectivity index (χ0v) is 29.9. The molecule has 1 N–H and O–H groups in total. The van der Waals surface area contributed by atoms with Gasteiger partial charge in [-0.2, -0.15) is 0 Å². The number of fused-ring (bicyclic) bond motifs is 4. The van der Waals surface area contributed by atoms with Gasteiger partial charge in [0.2, 0.25) is 0 Å². The minimum Gasteiger partial charge on any atom is -0.540 e. The van der Waals surface area contributed by atoms with E-state index < -0.39 is 0 Å². The van der Waals surface area contributed by atoms with Crippen molar-refractivity contribution in [2.24, 2.45) is 0 Å². The topological polar surface area (TPSA) is 93.9 Å². The molecular formula is C43H30IrN5O2-. The molecule has 0 saturated heterocycles. The van der Waals surface area contributed by atoms with E-state index >= 15 is 0 Å². The predicted molar refractivity (Wildman–Crippen MR) is 200 cm³/mol. The van der Waals surface area contributed by atoms with Crippen LogP contribution in [0.2, 0.25) is 0 Å². The van der Waals surface area contributed by atoms with Crippen molar-refractivity contribution in [1.29, 1.82) is 0 Å². The first-order valence-corrected chi connectivity index (χ1v) is 16.2. The average Bonchev–Trinajstić information content (AvgIpc) is 3.19. The first-order chi connectivity index (χ1) is 24.6. The van der Waals surface area contributed by atoms with Crippen LogP contribution in [-0.2, 0) is 26.7 Å². The van der Waals surface area contributed by atoms with Gasteiger partial charge in [0.25, 0.3) is 0 Å². The van der Waals surface area contributed by atoms with E-state index in [4.69, 9.17) is 14.7 Å². The fourth-order valence-corrected chi connectivity index (χ4v) is 5.87. The van der Waals surface area contributed by atoms with Gasteiger partial charge in [-0.25, -0.2) is 15.0 Å². The van der Waals surface area contributed by atoms with Crippen LogP contribution in [0.15, 0.2) is 146 Å². The van der Waals surface area contributed by atoms with Gasteiger partial charge in [0.05, 0.1) is 41.5 Å². The third-order valence-corrected chi connectivity index (χ3v) is 8.53. The van der Waals surface area contributed by atoms with Gasteiger partial charge in [0.1, 0.15) is 5.69 Å². The van der Waals surface area contributed by atoms with Crippen LogP contribution < -0.4 is 4.74 Å². The van der Waals surface area contributed by atoms with E-state index in [1.165, 1.54) is 0 Å². The molecule has 8 heteroatoms. The van der Waals surface area contributed by atoms with Gasteiger partial charge in [-0.3, -0.25) is 9.97 Å². The normalized spacial score (nSPS) is 10.9. The molecule has 0 aliphatic carbocycles. The molecule has 0 atom stereocenters. The number of aliphatic hydroxyl groups is 1. The summed E-state index contributed by atoms with van der Waals surface area (Å²) in [6.07, 6.45) is 1.84. The van der Waals surface area contributed by atoms with Crippen LogP contribution in [0.25, 0.3) is 77.6 Å². The van der Waals surface area contributed by atoms with Crippen molar-refractivity contribution in [3.63, 3.8) is 0 Å². The van der Waals surface area contributed by atoms with Crippen molar-refractivity contribution >= 4 is 43.6 Å². The maximum absolute atomic E-state index is 9.38. The summed E-state index contributed by atoms with van der Waals surface area (Å²) in [5.41, 5.74) is 8.56. The SMILES string of the molecule is COc1c[c-]c(-c2nc3cc4ccccc4cc3nc2-c2ccc(CO)cc2)cc1.[Ir].c1ccc2nc(-c3ncc4ccccc4n3)ccc2c1. The van der Waals surface area contributed by atoms with E-state index in [1.807, 2.05) is 109 Å². The molecule has 0 spiro atoms. The summed E-state index contributed by atoms with van der Waals surface area (Å²) in [6.45, 7) is 0.00871. The fraction of sp³-hybridized carbons (Fsp3) is 0.0465. The van der Waals surface area contributed by atoms with Gasteiger partial charge in [-0.1, -0.05) is 91.0 Å². The first kappa shape index (κ1) is 33.6. The molecule has 3 aromatic heterocycles. The third kappa shape index (κ3) is 7.07. The van der Waals surface area contributed by atoms with Gasteiger partial charge < -0.3 is 9.84 Å². The molecule has 0 amide bonds. The molecule has 0 aliphatic heterocycles. The standard InChI is InChI=1S/C26H19N2O2.C17H11N3.Ir/c1-30-22-12-10-19(11-13-22)26-25(18-8-6-17(16-29)7-9-18)27-23-14-20-4-2-3-5-21(20)15-24(23)28-26;1-3-7-14-12(5-1)9-10-16(19-14)17-18-11-13-6-2-4-8-15(13)20-17;/h2-10,12-15,29H,16H2,1H3;1-11H;/q-1;;. The number of aromatic nitrogens is 5. The zero-order chi connectivity index (χ0) is 33.9. The predicted octanol–water partition coefficient (Wildman–Crippen LogP) is 9.26. The van der Waals surface area contributed by atoms with Gasteiger partial charge >= 0.3 is 0 Å². The minimum atomic E-state index is 0. The fourth-order valence-electron chi connectivity index (χ4n) is 5.87. The second-order valence-electron chi connectivity index (χ2n) is 11.7. The van der Waals surface area contributed by atoms with E-state index in [-0.39, 0.29) is 26.7 Å². The molecule has 7 nitrogen and oxygen atoms in total. The number of para-hydroxylation sites is 2. The third-order valence-electron chi connectivity index (χ3n) is 8.53. The summed E-state index contributed by atoms with van der Waals surface area (Å²) in [4.78, 5) is 23.6.